The van der Waals surface area contributed by atoms with E-state index >= 15 is 0 Å². The lowest BCUT2D eigenvalue weighted by molar-refractivity contribution is -0.117. The summed E-state index contributed by atoms with van der Waals surface area (Å²) in [4.78, 5) is 11.9. The fourth-order valence-electron chi connectivity index (χ4n) is 1.81. The molecule has 1 heterocycles. The van der Waals surface area contributed by atoms with Crippen LogP contribution in [0.15, 0.2) is 41.6 Å². The topological polar surface area (TPSA) is 67.2 Å². The van der Waals surface area contributed by atoms with Crippen molar-refractivity contribution in [1.29, 1.82) is 0 Å². The van der Waals surface area contributed by atoms with Gasteiger partial charge in [-0.25, -0.2) is 0 Å². The van der Waals surface area contributed by atoms with Crippen LogP contribution in [-0.2, 0) is 11.3 Å². The molecule has 0 saturated heterocycles. The van der Waals surface area contributed by atoms with Crippen LogP contribution < -0.4 is 16.4 Å². The Bertz CT molecular complexity index is 426. The number of benzene rings is 1. The van der Waals surface area contributed by atoms with E-state index < -0.39 is 0 Å². The molecule has 1 aliphatic rings. The van der Waals surface area contributed by atoms with Crippen LogP contribution in [0.25, 0.3) is 0 Å². The number of hydrogen-bond acceptors (Lipinski definition) is 3. The minimum atomic E-state index is -0.0708. The molecular weight excluding hydrogens is 214 g/mol. The van der Waals surface area contributed by atoms with E-state index in [0.29, 0.717) is 24.4 Å². The molecule has 1 aliphatic heterocycles. The maximum absolute atomic E-state index is 11.9. The summed E-state index contributed by atoms with van der Waals surface area (Å²) in [7, 11) is 0. The van der Waals surface area contributed by atoms with Gasteiger partial charge in [0.2, 0.25) is 0 Å². The van der Waals surface area contributed by atoms with Crippen molar-refractivity contribution in [3.63, 3.8) is 0 Å². The normalized spacial score (nSPS) is 15.8. The Kier molecular flexibility index (Phi) is 3.77. The first-order valence-electron chi connectivity index (χ1n) is 5.77. The number of hydrogen-bond donors (Lipinski definition) is 3. The zero-order valence-electron chi connectivity index (χ0n) is 9.70. The molecule has 90 valence electrons. The highest BCUT2D eigenvalue weighted by Crippen LogP contribution is 2.07. The molecule has 0 atom stereocenters. The monoisotopic (exact) mass is 231 g/mol. The summed E-state index contributed by atoms with van der Waals surface area (Å²) >= 11 is 0. The molecule has 0 unspecified atom stereocenters. The van der Waals surface area contributed by atoms with Gasteiger partial charge in [-0.3, -0.25) is 4.79 Å². The molecule has 2 rings (SSSR count). The van der Waals surface area contributed by atoms with Crippen LogP contribution >= 0.6 is 0 Å². The second-order valence-electron chi connectivity index (χ2n) is 4.10. The summed E-state index contributed by atoms with van der Waals surface area (Å²) in [5.74, 6) is -0.0708. The van der Waals surface area contributed by atoms with Gasteiger partial charge in [-0.1, -0.05) is 30.3 Å². The van der Waals surface area contributed by atoms with E-state index in [1.165, 1.54) is 0 Å². The summed E-state index contributed by atoms with van der Waals surface area (Å²) in [6, 6.07) is 9.83. The number of nitrogens with one attached hydrogen (secondary N) is 2. The zero-order chi connectivity index (χ0) is 12.1. The predicted octanol–water partition coefficient (Wildman–Crippen LogP) is 0.509. The minimum absolute atomic E-state index is 0.0708. The van der Waals surface area contributed by atoms with E-state index in [-0.39, 0.29) is 5.91 Å². The van der Waals surface area contributed by atoms with Crippen molar-refractivity contribution in [3.8, 4) is 0 Å². The third-order valence-electron chi connectivity index (χ3n) is 2.83. The Morgan fingerprint density at radius 2 is 2.12 bits per heavy atom. The van der Waals surface area contributed by atoms with Crippen molar-refractivity contribution >= 4 is 5.91 Å². The Morgan fingerprint density at radius 1 is 1.35 bits per heavy atom. The summed E-state index contributed by atoms with van der Waals surface area (Å²) in [6.07, 6.45) is 0.744. The fraction of sp³-hybridized carbons (Fsp3) is 0.308. The summed E-state index contributed by atoms with van der Waals surface area (Å²) in [5, 5.41) is 6.03. The summed E-state index contributed by atoms with van der Waals surface area (Å²) in [5.41, 5.74) is 8.29. The maximum Gasteiger partial charge on any atom is 0.250 e. The number of carbonyl (C=O) groups is 1. The second kappa shape index (κ2) is 5.50. The largest absolute Gasteiger partial charge is 0.402 e. The van der Waals surface area contributed by atoms with Gasteiger partial charge < -0.3 is 16.4 Å². The molecule has 1 amide bonds. The van der Waals surface area contributed by atoms with Crippen molar-refractivity contribution in [3.05, 3.63) is 47.2 Å². The number of nitrogens with two attached hydrogens (primary N) is 1. The smallest absolute Gasteiger partial charge is 0.250 e. The molecule has 4 nitrogen and oxygen atoms in total. The molecule has 4 heteroatoms. The van der Waals surface area contributed by atoms with E-state index in [1.54, 1.807) is 0 Å². The van der Waals surface area contributed by atoms with Gasteiger partial charge in [0.25, 0.3) is 5.91 Å². The Balaban J connectivity index is 1.94. The third-order valence-corrected chi connectivity index (χ3v) is 2.83. The molecule has 0 aliphatic carbocycles. The van der Waals surface area contributed by atoms with Gasteiger partial charge in [0, 0.05) is 30.9 Å². The van der Waals surface area contributed by atoms with E-state index in [0.717, 1.165) is 18.5 Å². The fourth-order valence-corrected chi connectivity index (χ4v) is 1.81. The van der Waals surface area contributed by atoms with Gasteiger partial charge in [0.15, 0.2) is 0 Å². The van der Waals surface area contributed by atoms with Crippen molar-refractivity contribution in [2.24, 2.45) is 5.73 Å². The highest BCUT2D eigenvalue weighted by molar-refractivity contribution is 5.94. The van der Waals surface area contributed by atoms with Gasteiger partial charge in [-0.2, -0.15) is 0 Å². The Hall–Kier alpha value is -1.81. The van der Waals surface area contributed by atoms with E-state index in [2.05, 4.69) is 10.6 Å². The SMILES string of the molecule is NC1=C(C(=O)NCc2ccccc2)CNCC1. The molecule has 4 N–H and O–H groups in total. The maximum atomic E-state index is 11.9. The summed E-state index contributed by atoms with van der Waals surface area (Å²) < 4.78 is 0. The quantitative estimate of drug-likeness (QED) is 0.710. The highest BCUT2D eigenvalue weighted by atomic mass is 16.1. The predicted molar refractivity (Wildman–Crippen MR) is 67.0 cm³/mol. The molecular formula is C13H17N3O. The molecule has 0 radical (unpaired) electrons. The van der Waals surface area contributed by atoms with E-state index in [4.69, 9.17) is 5.73 Å². The average molecular weight is 231 g/mol. The molecule has 0 saturated carbocycles. The number of carbonyl (C=O) groups excluding carboxylic acids is 1. The first-order valence-corrected chi connectivity index (χ1v) is 5.77. The lowest BCUT2D eigenvalue weighted by Crippen LogP contribution is -2.36. The van der Waals surface area contributed by atoms with Gasteiger partial charge in [0.1, 0.15) is 0 Å². The molecule has 1 aromatic carbocycles. The van der Waals surface area contributed by atoms with E-state index in [9.17, 15) is 4.79 Å². The lowest BCUT2D eigenvalue weighted by atomic mass is 10.1. The highest BCUT2D eigenvalue weighted by Gasteiger charge is 2.16. The van der Waals surface area contributed by atoms with Gasteiger partial charge in [-0.15, -0.1) is 0 Å². The van der Waals surface area contributed by atoms with E-state index in [1.807, 2.05) is 30.3 Å². The second-order valence-corrected chi connectivity index (χ2v) is 4.10. The van der Waals surface area contributed by atoms with Gasteiger partial charge >= 0.3 is 0 Å². The van der Waals surface area contributed by atoms with Crippen LogP contribution in [0.4, 0.5) is 0 Å². The van der Waals surface area contributed by atoms with Crippen LogP contribution in [0.3, 0.4) is 0 Å². The van der Waals surface area contributed by atoms with Gasteiger partial charge in [-0.05, 0) is 12.0 Å². The van der Waals surface area contributed by atoms with Crippen molar-refractivity contribution in [1.82, 2.24) is 10.6 Å². The average Bonchev–Trinajstić information content (AvgIpc) is 2.38. The minimum Gasteiger partial charge on any atom is -0.402 e. The Labute approximate surface area is 101 Å². The first-order chi connectivity index (χ1) is 8.27. The standard InChI is InChI=1S/C13H17N3O/c14-12-6-7-15-9-11(12)13(17)16-8-10-4-2-1-3-5-10/h1-5,15H,6-9,14H2,(H,16,17). The van der Waals surface area contributed by atoms with Gasteiger partial charge in [0.05, 0.1) is 0 Å². The molecule has 17 heavy (non-hydrogen) atoms. The zero-order valence-corrected chi connectivity index (χ0v) is 9.70. The molecule has 0 aromatic heterocycles. The van der Waals surface area contributed by atoms with Crippen molar-refractivity contribution < 1.29 is 4.79 Å². The molecule has 0 spiro atoms. The van der Waals surface area contributed by atoms with Crippen LogP contribution in [-0.4, -0.2) is 19.0 Å². The van der Waals surface area contributed by atoms with Crippen LogP contribution in [0, 0.1) is 0 Å². The Morgan fingerprint density at radius 3 is 2.82 bits per heavy atom. The van der Waals surface area contributed by atoms with Crippen LogP contribution in [0.1, 0.15) is 12.0 Å². The summed E-state index contributed by atoms with van der Waals surface area (Å²) in [6.45, 7) is 1.95. The van der Waals surface area contributed by atoms with Crippen molar-refractivity contribution in [2.75, 3.05) is 13.1 Å². The molecule has 0 bridgehead atoms. The third kappa shape index (κ3) is 3.07. The first kappa shape index (κ1) is 11.7. The number of amides is 1. The van der Waals surface area contributed by atoms with Crippen molar-refractivity contribution in [2.45, 2.75) is 13.0 Å². The lowest BCUT2D eigenvalue weighted by Gasteiger charge is -2.18. The number of rotatable bonds is 3. The van der Waals surface area contributed by atoms with Crippen LogP contribution in [0.5, 0.6) is 0 Å². The molecule has 1 aromatic rings. The molecule has 0 fully saturated rings. The van der Waals surface area contributed by atoms with Crippen LogP contribution in [0.2, 0.25) is 0 Å².